The Hall–Kier alpha value is -1.58. The maximum absolute atomic E-state index is 9.28. The second kappa shape index (κ2) is 4.35. The summed E-state index contributed by atoms with van der Waals surface area (Å²) in [5.74, 6) is 0. The molecule has 3 nitrogen and oxygen atoms in total. The number of hydrogen-bond donors (Lipinski definition) is 2. The second-order valence-corrected chi connectivity index (χ2v) is 4.37. The molecule has 17 heavy (non-hydrogen) atoms. The molecule has 0 saturated carbocycles. The molecule has 3 heteroatoms. The van der Waals surface area contributed by atoms with Crippen molar-refractivity contribution in [1.29, 1.82) is 0 Å². The monoisotopic (exact) mass is 231 g/mol. The molecule has 0 bridgehead atoms. The van der Waals surface area contributed by atoms with E-state index in [-0.39, 0.29) is 0 Å². The number of aliphatic hydroxyl groups is 2. The molecule has 1 aromatic carbocycles. The number of benzene rings is 1. The highest BCUT2D eigenvalue weighted by Gasteiger charge is 2.14. The van der Waals surface area contributed by atoms with Crippen LogP contribution in [0, 0.1) is 20.8 Å². The molecule has 0 aliphatic carbocycles. The van der Waals surface area contributed by atoms with Crippen molar-refractivity contribution in [3.63, 3.8) is 0 Å². The van der Waals surface area contributed by atoms with E-state index in [0.717, 1.165) is 17.1 Å². The third kappa shape index (κ3) is 2.12. The van der Waals surface area contributed by atoms with Gasteiger partial charge in [0.2, 0.25) is 0 Å². The third-order valence-electron chi connectivity index (χ3n) is 3.04. The zero-order valence-electron chi connectivity index (χ0n) is 10.3. The van der Waals surface area contributed by atoms with E-state index in [1.807, 2.05) is 49.6 Å². The Morgan fingerprint density at radius 2 is 1.59 bits per heavy atom. The lowest BCUT2D eigenvalue weighted by Gasteiger charge is -2.10. The molecule has 0 unspecified atom stereocenters. The average Bonchev–Trinajstić information content (AvgIpc) is 2.56. The predicted octanol–water partition coefficient (Wildman–Crippen LogP) is 2.39. The summed E-state index contributed by atoms with van der Waals surface area (Å²) < 4.78 is 2.02. The summed E-state index contributed by atoms with van der Waals surface area (Å²) in [6.07, 6.45) is -1.42. The van der Waals surface area contributed by atoms with Gasteiger partial charge in [0.1, 0.15) is 0 Å². The van der Waals surface area contributed by atoms with Gasteiger partial charge in [0.15, 0.2) is 6.29 Å². The van der Waals surface area contributed by atoms with Crippen LogP contribution in [0.4, 0.5) is 0 Å². The van der Waals surface area contributed by atoms with Gasteiger partial charge >= 0.3 is 0 Å². The van der Waals surface area contributed by atoms with Gasteiger partial charge < -0.3 is 14.8 Å². The van der Waals surface area contributed by atoms with Gasteiger partial charge in [-0.15, -0.1) is 0 Å². The molecule has 90 valence electrons. The normalized spacial score (nSPS) is 11.2. The first-order valence-electron chi connectivity index (χ1n) is 5.62. The van der Waals surface area contributed by atoms with Crippen molar-refractivity contribution in [2.75, 3.05) is 0 Å². The van der Waals surface area contributed by atoms with E-state index in [1.54, 1.807) is 6.07 Å². The third-order valence-corrected chi connectivity index (χ3v) is 3.04. The number of aliphatic hydroxyl groups excluding tert-OH is 1. The Kier molecular flexibility index (Phi) is 3.05. The molecule has 0 saturated heterocycles. The molecular formula is C14H17NO2. The van der Waals surface area contributed by atoms with Gasteiger partial charge in [-0.1, -0.05) is 17.7 Å². The van der Waals surface area contributed by atoms with Crippen LogP contribution in [-0.4, -0.2) is 14.8 Å². The van der Waals surface area contributed by atoms with Crippen LogP contribution in [-0.2, 0) is 0 Å². The summed E-state index contributed by atoms with van der Waals surface area (Å²) in [5.41, 5.74) is 4.66. The van der Waals surface area contributed by atoms with Gasteiger partial charge in [-0.3, -0.25) is 0 Å². The van der Waals surface area contributed by atoms with Crippen LogP contribution in [0.2, 0.25) is 0 Å². The van der Waals surface area contributed by atoms with Crippen LogP contribution in [0.3, 0.4) is 0 Å². The molecule has 0 radical (unpaired) electrons. The van der Waals surface area contributed by atoms with Crippen LogP contribution in [0.25, 0.3) is 5.69 Å². The number of rotatable bonds is 2. The van der Waals surface area contributed by atoms with Crippen LogP contribution in [0.15, 0.2) is 30.3 Å². The van der Waals surface area contributed by atoms with E-state index in [9.17, 15) is 10.2 Å². The van der Waals surface area contributed by atoms with Gasteiger partial charge in [0.05, 0.1) is 0 Å². The lowest BCUT2D eigenvalue weighted by atomic mass is 10.2. The van der Waals surface area contributed by atoms with E-state index in [1.165, 1.54) is 5.56 Å². The van der Waals surface area contributed by atoms with Crippen LogP contribution in [0.5, 0.6) is 0 Å². The molecule has 0 spiro atoms. The minimum absolute atomic E-state index is 0.558. The van der Waals surface area contributed by atoms with E-state index < -0.39 is 6.29 Å². The first kappa shape index (κ1) is 11.9. The van der Waals surface area contributed by atoms with E-state index in [4.69, 9.17) is 0 Å². The smallest absolute Gasteiger partial charge is 0.180 e. The van der Waals surface area contributed by atoms with Gasteiger partial charge in [-0.05, 0) is 39.0 Å². The minimum atomic E-state index is -1.42. The Balaban J connectivity index is 2.56. The number of nitrogens with zero attached hydrogens (tertiary/aromatic N) is 1. The summed E-state index contributed by atoms with van der Waals surface area (Å²) in [7, 11) is 0. The topological polar surface area (TPSA) is 45.4 Å². The van der Waals surface area contributed by atoms with Crippen molar-refractivity contribution in [2.45, 2.75) is 27.1 Å². The fraction of sp³-hybridized carbons (Fsp3) is 0.286. The maximum Gasteiger partial charge on any atom is 0.180 e. The summed E-state index contributed by atoms with van der Waals surface area (Å²) in [6.45, 7) is 5.89. The van der Waals surface area contributed by atoms with Crippen molar-refractivity contribution in [3.8, 4) is 5.69 Å². The number of aromatic nitrogens is 1. The van der Waals surface area contributed by atoms with E-state index in [0.29, 0.717) is 5.56 Å². The fourth-order valence-corrected chi connectivity index (χ4v) is 2.14. The largest absolute Gasteiger partial charge is 0.364 e. The number of aryl methyl sites for hydroxylation is 2. The number of hydrogen-bond acceptors (Lipinski definition) is 2. The summed E-state index contributed by atoms with van der Waals surface area (Å²) >= 11 is 0. The van der Waals surface area contributed by atoms with Crippen LogP contribution >= 0.6 is 0 Å². The van der Waals surface area contributed by atoms with Gasteiger partial charge in [0, 0.05) is 22.6 Å². The highest BCUT2D eigenvalue weighted by atomic mass is 16.5. The summed E-state index contributed by atoms with van der Waals surface area (Å²) in [4.78, 5) is 0. The Morgan fingerprint density at radius 1 is 1.00 bits per heavy atom. The van der Waals surface area contributed by atoms with Gasteiger partial charge in [-0.25, -0.2) is 0 Å². The molecule has 0 atom stereocenters. The molecule has 0 aliphatic rings. The van der Waals surface area contributed by atoms with E-state index in [2.05, 4.69) is 0 Å². The first-order valence-corrected chi connectivity index (χ1v) is 5.62. The van der Waals surface area contributed by atoms with Crippen LogP contribution in [0.1, 0.15) is 28.8 Å². The fourth-order valence-electron chi connectivity index (χ4n) is 2.14. The quantitative estimate of drug-likeness (QED) is 0.779. The highest BCUT2D eigenvalue weighted by molar-refractivity contribution is 5.42. The first-order chi connectivity index (χ1) is 8.00. The van der Waals surface area contributed by atoms with Gasteiger partial charge in [-0.2, -0.15) is 0 Å². The predicted molar refractivity (Wildman–Crippen MR) is 67.2 cm³/mol. The van der Waals surface area contributed by atoms with Crippen molar-refractivity contribution in [2.24, 2.45) is 0 Å². The lowest BCUT2D eigenvalue weighted by molar-refractivity contribution is -0.0429. The molecule has 2 N–H and O–H groups in total. The van der Waals surface area contributed by atoms with Crippen molar-refractivity contribution in [3.05, 3.63) is 52.8 Å². The Morgan fingerprint density at radius 3 is 2.06 bits per heavy atom. The molecular weight excluding hydrogens is 214 g/mol. The van der Waals surface area contributed by atoms with Crippen LogP contribution < -0.4 is 0 Å². The minimum Gasteiger partial charge on any atom is -0.364 e. The van der Waals surface area contributed by atoms with Gasteiger partial charge in [0.25, 0.3) is 0 Å². The SMILES string of the molecule is Cc1ccc(-n2c(C)cc(C(O)O)c2C)cc1. The van der Waals surface area contributed by atoms with Crippen molar-refractivity contribution < 1.29 is 10.2 Å². The van der Waals surface area contributed by atoms with Crippen molar-refractivity contribution in [1.82, 2.24) is 4.57 Å². The summed E-state index contributed by atoms with van der Waals surface area (Å²) in [6, 6.07) is 9.96. The zero-order chi connectivity index (χ0) is 12.6. The maximum atomic E-state index is 9.28. The second-order valence-electron chi connectivity index (χ2n) is 4.37. The average molecular weight is 231 g/mol. The Labute approximate surface area is 101 Å². The molecule has 2 rings (SSSR count). The highest BCUT2D eigenvalue weighted by Crippen LogP contribution is 2.24. The molecule has 2 aromatic rings. The van der Waals surface area contributed by atoms with Crippen molar-refractivity contribution >= 4 is 0 Å². The molecule has 0 fully saturated rings. The molecule has 1 heterocycles. The molecule has 1 aromatic heterocycles. The summed E-state index contributed by atoms with van der Waals surface area (Å²) in [5, 5.41) is 18.6. The van der Waals surface area contributed by atoms with E-state index >= 15 is 0 Å². The molecule has 0 aliphatic heterocycles. The standard InChI is InChI=1S/C14H17NO2/c1-9-4-6-12(7-5-9)15-10(2)8-13(11(15)3)14(16)17/h4-8,14,16-17H,1-3H3. The zero-order valence-corrected chi connectivity index (χ0v) is 10.3. The lowest BCUT2D eigenvalue weighted by Crippen LogP contribution is -2.01. The Bertz CT molecular complexity index is 524. The molecule has 0 amide bonds.